The van der Waals surface area contributed by atoms with Crippen LogP contribution in [0.2, 0.25) is 0 Å². The van der Waals surface area contributed by atoms with E-state index >= 15 is 0 Å². The Bertz CT molecular complexity index is 882. The first kappa shape index (κ1) is 21.3. The number of amides is 2. The van der Waals surface area contributed by atoms with Gasteiger partial charge in [-0.05, 0) is 49.4 Å². The van der Waals surface area contributed by atoms with Gasteiger partial charge >= 0.3 is 0 Å². The summed E-state index contributed by atoms with van der Waals surface area (Å²) in [4.78, 5) is 29.0. The minimum atomic E-state index is -1.61. The first-order chi connectivity index (χ1) is 13.8. The molecule has 2 amide bonds. The van der Waals surface area contributed by atoms with Crippen LogP contribution in [0.25, 0.3) is 0 Å². The minimum Gasteiger partial charge on any atom is -0.379 e. The Labute approximate surface area is 172 Å². The van der Waals surface area contributed by atoms with E-state index in [0.29, 0.717) is 36.6 Å². The third-order valence-corrected chi connectivity index (χ3v) is 6.02. The predicted molar refractivity (Wildman–Crippen MR) is 107 cm³/mol. The van der Waals surface area contributed by atoms with Crippen molar-refractivity contribution in [2.24, 2.45) is 0 Å². The molecule has 2 aromatic rings. The van der Waals surface area contributed by atoms with Gasteiger partial charge < -0.3 is 14.9 Å². The molecule has 29 heavy (non-hydrogen) atoms. The fourth-order valence-electron chi connectivity index (χ4n) is 3.07. The molecule has 0 spiro atoms. The molecule has 1 aliphatic rings. The third kappa shape index (κ3) is 5.33. The summed E-state index contributed by atoms with van der Waals surface area (Å²) in [7, 11) is 0. The zero-order valence-corrected chi connectivity index (χ0v) is 16.8. The van der Waals surface area contributed by atoms with Crippen molar-refractivity contribution >= 4 is 23.6 Å². The Morgan fingerprint density at radius 1 is 1.00 bits per heavy atom. The molecule has 1 N–H and O–H groups in total. The molecule has 5 nitrogen and oxygen atoms in total. The highest BCUT2D eigenvalue weighted by molar-refractivity contribution is 7.99. The summed E-state index contributed by atoms with van der Waals surface area (Å²) in [6.07, 6.45) is 0. The van der Waals surface area contributed by atoms with Crippen molar-refractivity contribution in [1.82, 2.24) is 9.80 Å². The van der Waals surface area contributed by atoms with Gasteiger partial charge in [0.2, 0.25) is 0 Å². The summed E-state index contributed by atoms with van der Waals surface area (Å²) in [6, 6.07) is 11.3. The van der Waals surface area contributed by atoms with Gasteiger partial charge in [0.25, 0.3) is 11.8 Å². The first-order valence-corrected chi connectivity index (χ1v) is 10.2. The quantitative estimate of drug-likeness (QED) is 0.756. The summed E-state index contributed by atoms with van der Waals surface area (Å²) in [5, 5.41) is 10.6. The Morgan fingerprint density at radius 2 is 1.62 bits per heavy atom. The third-order valence-electron chi connectivity index (χ3n) is 4.72. The molecule has 8 heteroatoms. The molecule has 1 atom stereocenters. The van der Waals surface area contributed by atoms with Crippen LogP contribution in [0.15, 0.2) is 53.4 Å². The number of carbonyl (C=O) groups is 2. The number of nitrogens with zero attached hydrogens (tertiary/aromatic N) is 2. The standard InChI is InChI=1S/C21H22F2N2O3S/c1-21(28,14-29-18-4-2-3-17(23)13-18)20(27)25-11-9-24(10-12-25)19(26)15-5-7-16(22)8-6-15/h2-8,13,28H,9-12,14H2,1H3. The normalized spacial score (nSPS) is 16.4. The zero-order chi connectivity index (χ0) is 21.0. The van der Waals surface area contributed by atoms with E-state index in [2.05, 4.69) is 0 Å². The van der Waals surface area contributed by atoms with Gasteiger partial charge in [-0.2, -0.15) is 0 Å². The molecule has 3 rings (SSSR count). The number of piperazine rings is 1. The van der Waals surface area contributed by atoms with E-state index < -0.39 is 17.3 Å². The van der Waals surface area contributed by atoms with Crippen molar-refractivity contribution in [3.8, 4) is 0 Å². The fraction of sp³-hybridized carbons (Fsp3) is 0.333. The first-order valence-electron chi connectivity index (χ1n) is 9.21. The molecule has 0 bridgehead atoms. The Morgan fingerprint density at radius 3 is 2.24 bits per heavy atom. The van der Waals surface area contributed by atoms with Gasteiger partial charge in [-0.25, -0.2) is 8.78 Å². The Balaban J connectivity index is 1.54. The van der Waals surface area contributed by atoms with Crippen molar-refractivity contribution in [3.05, 3.63) is 65.7 Å². The number of halogens is 2. The molecule has 0 radical (unpaired) electrons. The number of carbonyl (C=O) groups excluding carboxylic acids is 2. The van der Waals surface area contributed by atoms with Crippen molar-refractivity contribution in [2.75, 3.05) is 31.9 Å². The SMILES string of the molecule is CC(O)(CSc1cccc(F)c1)C(=O)N1CCN(C(=O)c2ccc(F)cc2)CC1. The number of rotatable bonds is 5. The Kier molecular flexibility index (Phi) is 6.54. The maximum Gasteiger partial charge on any atom is 0.255 e. The lowest BCUT2D eigenvalue weighted by Crippen LogP contribution is -2.56. The molecule has 1 aliphatic heterocycles. The van der Waals surface area contributed by atoms with Crippen LogP contribution in [0.5, 0.6) is 0 Å². The summed E-state index contributed by atoms with van der Waals surface area (Å²) < 4.78 is 26.3. The second-order valence-corrected chi connectivity index (χ2v) is 8.16. The van der Waals surface area contributed by atoms with Crippen molar-refractivity contribution in [1.29, 1.82) is 0 Å². The zero-order valence-electron chi connectivity index (χ0n) is 16.0. The second kappa shape index (κ2) is 8.92. The van der Waals surface area contributed by atoms with Crippen molar-refractivity contribution in [3.63, 3.8) is 0 Å². The lowest BCUT2D eigenvalue weighted by Gasteiger charge is -2.38. The van der Waals surface area contributed by atoms with Crippen molar-refractivity contribution in [2.45, 2.75) is 17.4 Å². The molecule has 1 saturated heterocycles. The largest absolute Gasteiger partial charge is 0.379 e. The van der Waals surface area contributed by atoms with Crippen LogP contribution in [-0.4, -0.2) is 64.3 Å². The second-order valence-electron chi connectivity index (χ2n) is 7.11. The highest BCUT2D eigenvalue weighted by atomic mass is 32.2. The van der Waals surface area contributed by atoms with Gasteiger partial charge in [0.1, 0.15) is 17.2 Å². The van der Waals surface area contributed by atoms with Crippen LogP contribution < -0.4 is 0 Å². The van der Waals surface area contributed by atoms with Crippen LogP contribution in [-0.2, 0) is 4.79 Å². The van der Waals surface area contributed by atoms with E-state index in [4.69, 9.17) is 0 Å². The molecular formula is C21H22F2N2O3S. The van der Waals surface area contributed by atoms with Crippen LogP contribution in [0, 0.1) is 11.6 Å². The maximum atomic E-state index is 13.3. The Hall–Kier alpha value is -2.45. The van der Waals surface area contributed by atoms with Gasteiger partial charge in [-0.1, -0.05) is 6.07 Å². The number of hydrogen-bond acceptors (Lipinski definition) is 4. The highest BCUT2D eigenvalue weighted by Gasteiger charge is 2.36. The van der Waals surface area contributed by atoms with Crippen LogP contribution >= 0.6 is 11.8 Å². The number of thioether (sulfide) groups is 1. The maximum absolute atomic E-state index is 13.3. The average molecular weight is 420 g/mol. The smallest absolute Gasteiger partial charge is 0.255 e. The lowest BCUT2D eigenvalue weighted by molar-refractivity contribution is -0.148. The van der Waals surface area contributed by atoms with Gasteiger partial charge in [-0.15, -0.1) is 11.8 Å². The monoisotopic (exact) mass is 420 g/mol. The van der Waals surface area contributed by atoms with E-state index in [1.807, 2.05) is 0 Å². The van der Waals surface area contributed by atoms with E-state index in [1.165, 1.54) is 60.0 Å². The van der Waals surface area contributed by atoms with E-state index in [9.17, 15) is 23.5 Å². The molecule has 2 aromatic carbocycles. The summed E-state index contributed by atoms with van der Waals surface area (Å²) in [5.74, 6) is -1.33. The van der Waals surface area contributed by atoms with Crippen LogP contribution in [0.1, 0.15) is 17.3 Å². The molecule has 1 heterocycles. The van der Waals surface area contributed by atoms with Crippen LogP contribution in [0.4, 0.5) is 8.78 Å². The lowest BCUT2D eigenvalue weighted by atomic mass is 10.1. The molecular weight excluding hydrogens is 398 g/mol. The summed E-state index contributed by atoms with van der Waals surface area (Å²) in [6.45, 7) is 2.70. The average Bonchev–Trinajstić information content (AvgIpc) is 2.72. The molecule has 154 valence electrons. The van der Waals surface area contributed by atoms with Gasteiger partial charge in [0.05, 0.1) is 0 Å². The molecule has 1 unspecified atom stereocenters. The fourth-order valence-corrected chi connectivity index (χ4v) is 4.01. The molecule has 0 saturated carbocycles. The van der Waals surface area contributed by atoms with Crippen LogP contribution in [0.3, 0.4) is 0 Å². The summed E-state index contributed by atoms with van der Waals surface area (Å²) >= 11 is 1.21. The van der Waals surface area contributed by atoms with E-state index in [-0.39, 0.29) is 17.5 Å². The molecule has 0 aliphatic carbocycles. The van der Waals surface area contributed by atoms with E-state index in [1.54, 1.807) is 17.0 Å². The number of aliphatic hydroxyl groups is 1. The van der Waals surface area contributed by atoms with E-state index in [0.717, 1.165) is 0 Å². The summed E-state index contributed by atoms with van der Waals surface area (Å²) in [5.41, 5.74) is -1.22. The van der Waals surface area contributed by atoms with Gasteiger partial charge in [0, 0.05) is 42.4 Å². The number of benzene rings is 2. The predicted octanol–water partition coefficient (Wildman–Crippen LogP) is 2.79. The minimum absolute atomic E-state index is 0.0873. The molecule has 0 aromatic heterocycles. The molecule has 1 fully saturated rings. The topological polar surface area (TPSA) is 60.9 Å². The van der Waals surface area contributed by atoms with Crippen molar-refractivity contribution < 1.29 is 23.5 Å². The highest BCUT2D eigenvalue weighted by Crippen LogP contribution is 2.25. The van der Waals surface area contributed by atoms with Gasteiger partial charge in [0.15, 0.2) is 0 Å². The number of hydrogen-bond donors (Lipinski definition) is 1. The van der Waals surface area contributed by atoms with Gasteiger partial charge in [-0.3, -0.25) is 9.59 Å².